The highest BCUT2D eigenvalue weighted by atomic mass is 16.6. The Balaban J connectivity index is 2.29. The summed E-state index contributed by atoms with van der Waals surface area (Å²) in [5.41, 5.74) is -1.30. The molecule has 0 unspecified atom stereocenters. The van der Waals surface area contributed by atoms with E-state index in [0.29, 0.717) is 16.2 Å². The van der Waals surface area contributed by atoms with Crippen molar-refractivity contribution in [3.8, 4) is 5.75 Å². The summed E-state index contributed by atoms with van der Waals surface area (Å²) in [6.45, 7) is 9.57. The minimum atomic E-state index is -0.935. The van der Waals surface area contributed by atoms with Crippen LogP contribution in [0.15, 0.2) is 36.4 Å². The monoisotopic (exact) mass is 415 g/mol. The summed E-state index contributed by atoms with van der Waals surface area (Å²) >= 11 is 0. The van der Waals surface area contributed by atoms with E-state index in [1.165, 1.54) is 0 Å². The number of ketones is 1. The molecule has 0 aliphatic heterocycles. The van der Waals surface area contributed by atoms with E-state index in [1.54, 1.807) is 72.9 Å². The van der Waals surface area contributed by atoms with Gasteiger partial charge in [-0.15, -0.1) is 0 Å². The number of fused-ring (bicyclic) bond motifs is 1. The largest absolute Gasteiger partial charge is 0.497 e. The fourth-order valence-corrected chi connectivity index (χ4v) is 2.60. The third-order valence-electron chi connectivity index (χ3n) is 3.90. The van der Waals surface area contributed by atoms with Crippen LogP contribution < -0.4 is 4.74 Å². The van der Waals surface area contributed by atoms with Gasteiger partial charge in [0, 0.05) is 5.56 Å². The molecule has 0 bridgehead atoms. The van der Waals surface area contributed by atoms with E-state index in [0.717, 1.165) is 10.8 Å². The molecular formula is C23H29NO6. The zero-order valence-corrected chi connectivity index (χ0v) is 18.6. The van der Waals surface area contributed by atoms with Gasteiger partial charge in [0.1, 0.15) is 17.0 Å². The van der Waals surface area contributed by atoms with Crippen LogP contribution in [0.5, 0.6) is 5.75 Å². The standard InChI is InChI=1S/C23H29NO6/c1-22(2,3)29-20(26)24(21(27)30-23(4,5)6)14-19(25)17-9-8-16-13-18(28-7)11-10-15(16)12-17/h8-13H,14H2,1-7H3. The Morgan fingerprint density at radius 2 is 1.30 bits per heavy atom. The average molecular weight is 415 g/mol. The molecule has 0 heterocycles. The van der Waals surface area contributed by atoms with Crippen LogP contribution in [0.2, 0.25) is 0 Å². The number of hydrogen-bond donors (Lipinski definition) is 0. The number of ether oxygens (including phenoxy) is 3. The molecule has 30 heavy (non-hydrogen) atoms. The molecule has 7 heteroatoms. The number of carbonyl (C=O) groups excluding carboxylic acids is 3. The average Bonchev–Trinajstić information content (AvgIpc) is 2.61. The Morgan fingerprint density at radius 3 is 1.80 bits per heavy atom. The summed E-state index contributed by atoms with van der Waals surface area (Å²) in [6, 6.07) is 10.6. The van der Waals surface area contributed by atoms with Crippen LogP contribution in [0, 0.1) is 0 Å². The zero-order valence-electron chi connectivity index (χ0n) is 18.6. The van der Waals surface area contributed by atoms with Crippen molar-refractivity contribution in [2.75, 3.05) is 13.7 Å². The van der Waals surface area contributed by atoms with E-state index in [-0.39, 0.29) is 0 Å². The van der Waals surface area contributed by atoms with Gasteiger partial charge in [0.15, 0.2) is 5.78 Å². The van der Waals surface area contributed by atoms with Crippen molar-refractivity contribution in [1.29, 1.82) is 0 Å². The quantitative estimate of drug-likeness (QED) is 0.638. The van der Waals surface area contributed by atoms with Gasteiger partial charge in [-0.2, -0.15) is 0 Å². The molecule has 2 amide bonds. The highest BCUT2D eigenvalue weighted by molar-refractivity contribution is 6.04. The molecule has 2 aromatic rings. The van der Waals surface area contributed by atoms with Gasteiger partial charge in [-0.05, 0) is 70.5 Å². The van der Waals surface area contributed by atoms with Crippen LogP contribution in [0.25, 0.3) is 10.8 Å². The fraction of sp³-hybridized carbons (Fsp3) is 0.435. The molecule has 2 rings (SSSR count). The third-order valence-corrected chi connectivity index (χ3v) is 3.90. The van der Waals surface area contributed by atoms with E-state index in [9.17, 15) is 14.4 Å². The van der Waals surface area contributed by atoms with Crippen LogP contribution in [0.1, 0.15) is 51.9 Å². The smallest absolute Gasteiger partial charge is 0.420 e. The molecule has 0 spiro atoms. The van der Waals surface area contributed by atoms with E-state index in [2.05, 4.69) is 0 Å². The predicted octanol–water partition coefficient (Wildman–Crippen LogP) is 5.20. The van der Waals surface area contributed by atoms with Crippen molar-refractivity contribution in [2.45, 2.75) is 52.7 Å². The number of nitrogens with zero attached hydrogens (tertiary/aromatic N) is 1. The molecule has 0 radical (unpaired) electrons. The molecule has 0 N–H and O–H groups in total. The van der Waals surface area contributed by atoms with Crippen molar-refractivity contribution < 1.29 is 28.6 Å². The summed E-state index contributed by atoms with van der Waals surface area (Å²) in [7, 11) is 1.58. The molecule has 0 aromatic heterocycles. The van der Waals surface area contributed by atoms with Crippen LogP contribution in [0.4, 0.5) is 9.59 Å². The molecule has 0 atom stereocenters. The number of imide groups is 1. The first-order chi connectivity index (χ1) is 13.8. The van der Waals surface area contributed by atoms with Gasteiger partial charge in [0.2, 0.25) is 0 Å². The first-order valence-corrected chi connectivity index (χ1v) is 9.63. The minimum absolute atomic E-state index is 0.366. The van der Waals surface area contributed by atoms with Gasteiger partial charge in [0.05, 0.1) is 13.7 Å². The van der Waals surface area contributed by atoms with Gasteiger partial charge in [0.25, 0.3) is 0 Å². The first-order valence-electron chi connectivity index (χ1n) is 9.63. The normalized spacial score (nSPS) is 11.7. The maximum Gasteiger partial charge on any atom is 0.420 e. The van der Waals surface area contributed by atoms with Crippen LogP contribution >= 0.6 is 0 Å². The summed E-state index contributed by atoms with van der Waals surface area (Å²) in [5.74, 6) is 0.298. The highest BCUT2D eigenvalue weighted by Crippen LogP contribution is 2.22. The maximum absolute atomic E-state index is 12.9. The lowest BCUT2D eigenvalue weighted by Gasteiger charge is -2.28. The maximum atomic E-state index is 12.9. The Labute approximate surface area is 176 Å². The number of rotatable bonds is 4. The van der Waals surface area contributed by atoms with Crippen LogP contribution in [-0.2, 0) is 9.47 Å². The molecule has 0 aliphatic carbocycles. The second-order valence-corrected chi connectivity index (χ2v) is 8.90. The van der Waals surface area contributed by atoms with Crippen molar-refractivity contribution in [2.24, 2.45) is 0 Å². The predicted molar refractivity (Wildman–Crippen MR) is 114 cm³/mol. The Kier molecular flexibility index (Phi) is 6.75. The van der Waals surface area contributed by atoms with Crippen molar-refractivity contribution in [3.05, 3.63) is 42.0 Å². The zero-order chi connectivity index (χ0) is 22.7. The number of carbonyl (C=O) groups is 3. The lowest BCUT2D eigenvalue weighted by atomic mass is 10.0. The van der Waals surface area contributed by atoms with Gasteiger partial charge in [-0.1, -0.05) is 18.2 Å². The Hall–Kier alpha value is -3.09. The number of methoxy groups -OCH3 is 1. The Morgan fingerprint density at radius 1 is 0.800 bits per heavy atom. The van der Waals surface area contributed by atoms with Gasteiger partial charge >= 0.3 is 12.2 Å². The summed E-state index contributed by atoms with van der Waals surface area (Å²) < 4.78 is 15.8. The SMILES string of the molecule is COc1ccc2cc(C(=O)CN(C(=O)OC(C)(C)C)C(=O)OC(C)(C)C)ccc2c1. The molecule has 162 valence electrons. The molecule has 0 saturated heterocycles. The first kappa shape index (κ1) is 23.2. The molecular weight excluding hydrogens is 386 g/mol. The lowest BCUT2D eigenvalue weighted by molar-refractivity contribution is 0.00188. The second kappa shape index (κ2) is 8.73. The lowest BCUT2D eigenvalue weighted by Crippen LogP contribution is -2.45. The number of benzene rings is 2. The van der Waals surface area contributed by atoms with E-state index < -0.39 is 35.7 Å². The van der Waals surface area contributed by atoms with Crippen molar-refractivity contribution >= 4 is 28.7 Å². The van der Waals surface area contributed by atoms with Gasteiger partial charge < -0.3 is 14.2 Å². The fourth-order valence-electron chi connectivity index (χ4n) is 2.60. The second-order valence-electron chi connectivity index (χ2n) is 8.90. The van der Waals surface area contributed by atoms with E-state index in [4.69, 9.17) is 14.2 Å². The third kappa shape index (κ3) is 6.47. The summed E-state index contributed by atoms with van der Waals surface area (Å²) in [6.07, 6.45) is -1.87. The van der Waals surface area contributed by atoms with Crippen LogP contribution in [-0.4, -0.2) is 47.7 Å². The molecule has 2 aromatic carbocycles. The van der Waals surface area contributed by atoms with Crippen molar-refractivity contribution in [1.82, 2.24) is 4.90 Å². The molecule has 0 aliphatic rings. The number of Topliss-reactive ketones (excluding diaryl/α,β-unsaturated/α-hetero) is 1. The summed E-state index contributed by atoms with van der Waals surface area (Å²) in [5, 5.41) is 1.74. The number of amides is 2. The Bertz CT molecular complexity index is 924. The molecule has 0 saturated carbocycles. The highest BCUT2D eigenvalue weighted by Gasteiger charge is 2.33. The van der Waals surface area contributed by atoms with Crippen molar-refractivity contribution in [3.63, 3.8) is 0 Å². The summed E-state index contributed by atoms with van der Waals surface area (Å²) in [4.78, 5) is 38.7. The van der Waals surface area contributed by atoms with Gasteiger partial charge in [-0.3, -0.25) is 4.79 Å². The van der Waals surface area contributed by atoms with Gasteiger partial charge in [-0.25, -0.2) is 14.5 Å². The molecule has 7 nitrogen and oxygen atoms in total. The van der Waals surface area contributed by atoms with E-state index >= 15 is 0 Å². The van der Waals surface area contributed by atoms with Crippen LogP contribution in [0.3, 0.4) is 0 Å². The molecule has 0 fully saturated rings. The minimum Gasteiger partial charge on any atom is -0.497 e. The topological polar surface area (TPSA) is 82.1 Å². The van der Waals surface area contributed by atoms with E-state index in [1.807, 2.05) is 12.1 Å². The number of hydrogen-bond acceptors (Lipinski definition) is 6.